The van der Waals surface area contributed by atoms with E-state index in [0.29, 0.717) is 36.4 Å². The zero-order valence-electron chi connectivity index (χ0n) is 12.4. The number of alkyl halides is 3. The van der Waals surface area contributed by atoms with Crippen LogP contribution in [-0.4, -0.2) is 52.2 Å². The average Bonchev–Trinajstić information content (AvgIpc) is 2.54. The zero-order chi connectivity index (χ0) is 17.7. The summed E-state index contributed by atoms with van der Waals surface area (Å²) >= 11 is 29.3. The smallest absolute Gasteiger partial charge is 0.254 e. The quantitative estimate of drug-likeness (QED) is 0.438. The number of hydrogen-bond acceptors (Lipinski definition) is 3. The van der Waals surface area contributed by atoms with Gasteiger partial charge in [-0.05, 0) is 24.4 Å². The fourth-order valence-corrected chi connectivity index (χ4v) is 2.88. The van der Waals surface area contributed by atoms with Gasteiger partial charge in [-0.15, -0.1) is 0 Å². The highest BCUT2D eigenvalue weighted by Gasteiger charge is 2.36. The van der Waals surface area contributed by atoms with Gasteiger partial charge in [0.1, 0.15) is 6.17 Å². The summed E-state index contributed by atoms with van der Waals surface area (Å²) in [6, 6.07) is 6.59. The van der Waals surface area contributed by atoms with Crippen molar-refractivity contribution in [2.24, 2.45) is 0 Å². The lowest BCUT2D eigenvalue weighted by atomic mass is 10.2. The van der Waals surface area contributed by atoms with Crippen molar-refractivity contribution < 1.29 is 9.53 Å². The molecule has 0 aromatic heterocycles. The van der Waals surface area contributed by atoms with Gasteiger partial charge in [0.2, 0.25) is 3.79 Å². The molecule has 0 spiro atoms. The van der Waals surface area contributed by atoms with Crippen LogP contribution in [0, 0.1) is 0 Å². The number of thiocarbonyl (C=S) groups is 1. The number of rotatable bonds is 3. The molecule has 1 aromatic carbocycles. The molecule has 1 saturated heterocycles. The third-order valence-corrected chi connectivity index (χ3v) is 4.65. The predicted molar refractivity (Wildman–Crippen MR) is 101 cm³/mol. The van der Waals surface area contributed by atoms with Crippen LogP contribution in [-0.2, 0) is 4.74 Å². The molecule has 24 heavy (non-hydrogen) atoms. The van der Waals surface area contributed by atoms with Gasteiger partial charge in [0.05, 0.1) is 23.8 Å². The molecule has 0 saturated carbocycles. The number of morpholine rings is 1. The largest absolute Gasteiger partial charge is 0.378 e. The second-order valence-electron chi connectivity index (χ2n) is 4.98. The van der Waals surface area contributed by atoms with Crippen LogP contribution in [0.5, 0.6) is 0 Å². The van der Waals surface area contributed by atoms with Crippen LogP contribution in [0.15, 0.2) is 24.3 Å². The Balaban J connectivity index is 2.07. The summed E-state index contributed by atoms with van der Waals surface area (Å²) in [4.78, 5) is 14.3. The highest BCUT2D eigenvalue weighted by atomic mass is 35.6. The van der Waals surface area contributed by atoms with Crippen molar-refractivity contribution >= 4 is 69.6 Å². The number of ether oxygens (including phenoxy) is 1. The second kappa shape index (κ2) is 8.74. The lowest BCUT2D eigenvalue weighted by Gasteiger charge is -2.34. The minimum atomic E-state index is -1.81. The number of hydrogen-bond donors (Lipinski definition) is 2. The third-order valence-electron chi connectivity index (χ3n) is 3.29. The molecule has 0 aliphatic carbocycles. The summed E-state index contributed by atoms with van der Waals surface area (Å²) in [6.45, 7) is 2.37. The Morgan fingerprint density at radius 3 is 2.42 bits per heavy atom. The van der Waals surface area contributed by atoms with Gasteiger partial charge >= 0.3 is 0 Å². The van der Waals surface area contributed by atoms with E-state index in [9.17, 15) is 4.79 Å². The molecular formula is C14H15Cl4N3O2S. The summed E-state index contributed by atoms with van der Waals surface area (Å²) in [5.41, 5.74) is 0.275. The molecule has 1 amide bonds. The lowest BCUT2D eigenvalue weighted by Crippen LogP contribution is -2.59. The maximum atomic E-state index is 12.4. The molecule has 1 unspecified atom stereocenters. The SMILES string of the molecule is O=C(NC(NC(=S)N1CCOCC1)C(Cl)(Cl)Cl)c1ccccc1Cl. The Labute approximate surface area is 165 Å². The van der Waals surface area contributed by atoms with Crippen LogP contribution in [0.4, 0.5) is 0 Å². The van der Waals surface area contributed by atoms with E-state index in [0.717, 1.165) is 0 Å². The van der Waals surface area contributed by atoms with E-state index in [1.807, 2.05) is 4.90 Å². The Kier molecular flexibility index (Phi) is 7.22. The fourth-order valence-electron chi connectivity index (χ4n) is 2.04. The fraction of sp³-hybridized carbons (Fsp3) is 0.429. The van der Waals surface area contributed by atoms with E-state index < -0.39 is 15.9 Å². The third kappa shape index (κ3) is 5.51. The molecule has 2 N–H and O–H groups in total. The van der Waals surface area contributed by atoms with Crippen molar-refractivity contribution in [3.8, 4) is 0 Å². The van der Waals surface area contributed by atoms with Crippen LogP contribution in [0.25, 0.3) is 0 Å². The Morgan fingerprint density at radius 2 is 1.83 bits per heavy atom. The summed E-state index contributed by atoms with van der Waals surface area (Å²) in [7, 11) is 0. The van der Waals surface area contributed by atoms with E-state index in [4.69, 9.17) is 63.4 Å². The van der Waals surface area contributed by atoms with E-state index in [-0.39, 0.29) is 5.56 Å². The highest BCUT2D eigenvalue weighted by molar-refractivity contribution is 7.80. The highest BCUT2D eigenvalue weighted by Crippen LogP contribution is 2.29. The van der Waals surface area contributed by atoms with E-state index in [2.05, 4.69) is 10.6 Å². The Morgan fingerprint density at radius 1 is 1.21 bits per heavy atom. The van der Waals surface area contributed by atoms with Crippen LogP contribution >= 0.6 is 58.6 Å². The molecule has 10 heteroatoms. The first kappa shape index (κ1) is 19.8. The first-order valence-corrected chi connectivity index (χ1v) is 8.96. The minimum absolute atomic E-state index is 0.275. The topological polar surface area (TPSA) is 53.6 Å². The molecule has 1 aliphatic heterocycles. The van der Waals surface area contributed by atoms with Crippen LogP contribution in [0.2, 0.25) is 5.02 Å². The van der Waals surface area contributed by atoms with Gasteiger partial charge in [-0.25, -0.2) is 0 Å². The van der Waals surface area contributed by atoms with Gasteiger partial charge in [-0.2, -0.15) is 0 Å². The van der Waals surface area contributed by atoms with Gasteiger partial charge in [0, 0.05) is 13.1 Å². The first-order valence-electron chi connectivity index (χ1n) is 7.04. The average molecular weight is 431 g/mol. The monoisotopic (exact) mass is 429 g/mol. The van der Waals surface area contributed by atoms with Gasteiger partial charge in [0.15, 0.2) is 5.11 Å². The molecule has 1 atom stereocenters. The molecule has 1 aromatic rings. The summed E-state index contributed by atoms with van der Waals surface area (Å²) in [6.07, 6.45) is -1.03. The van der Waals surface area contributed by atoms with Gasteiger partial charge < -0.3 is 20.3 Å². The Hall–Kier alpha value is -0.500. The summed E-state index contributed by atoms with van der Waals surface area (Å²) in [5, 5.41) is 6.16. The second-order valence-corrected chi connectivity index (χ2v) is 8.14. The van der Waals surface area contributed by atoms with Gasteiger partial charge in [-0.1, -0.05) is 58.5 Å². The molecule has 1 aliphatic rings. The van der Waals surface area contributed by atoms with Gasteiger partial charge in [0.25, 0.3) is 5.91 Å². The van der Waals surface area contributed by atoms with E-state index in [1.165, 1.54) is 0 Å². The number of carbonyl (C=O) groups is 1. The molecule has 0 radical (unpaired) electrons. The normalized spacial score (nSPS) is 16.4. The van der Waals surface area contributed by atoms with Crippen molar-refractivity contribution in [2.45, 2.75) is 9.96 Å². The van der Waals surface area contributed by atoms with Gasteiger partial charge in [-0.3, -0.25) is 4.79 Å². The van der Waals surface area contributed by atoms with E-state index >= 15 is 0 Å². The maximum absolute atomic E-state index is 12.4. The summed E-state index contributed by atoms with van der Waals surface area (Å²) < 4.78 is 3.45. The number of nitrogens with one attached hydrogen (secondary N) is 2. The number of nitrogens with zero attached hydrogens (tertiary/aromatic N) is 1. The number of amides is 1. The number of benzene rings is 1. The molecule has 2 rings (SSSR count). The molecule has 1 heterocycles. The minimum Gasteiger partial charge on any atom is -0.378 e. The summed E-state index contributed by atoms with van der Waals surface area (Å²) in [5.74, 6) is -0.478. The number of carbonyl (C=O) groups excluding carboxylic acids is 1. The Bertz CT molecular complexity index is 606. The molecule has 132 valence electrons. The number of halogens is 4. The maximum Gasteiger partial charge on any atom is 0.254 e. The van der Waals surface area contributed by atoms with E-state index in [1.54, 1.807) is 24.3 Å². The van der Waals surface area contributed by atoms with Crippen LogP contribution < -0.4 is 10.6 Å². The first-order chi connectivity index (χ1) is 11.3. The van der Waals surface area contributed by atoms with Crippen molar-refractivity contribution in [1.82, 2.24) is 15.5 Å². The van der Waals surface area contributed by atoms with Crippen molar-refractivity contribution in [1.29, 1.82) is 0 Å². The van der Waals surface area contributed by atoms with Crippen molar-refractivity contribution in [3.05, 3.63) is 34.9 Å². The standard InChI is InChI=1S/C14H15Cl4N3O2S/c15-10-4-2-1-3-9(10)11(22)19-12(14(16,17)18)20-13(24)21-5-7-23-8-6-21/h1-4,12H,5-8H2,(H,19,22)(H,20,24). The zero-order valence-corrected chi connectivity index (χ0v) is 16.2. The molecule has 5 nitrogen and oxygen atoms in total. The van der Waals surface area contributed by atoms with Crippen LogP contribution in [0.1, 0.15) is 10.4 Å². The lowest BCUT2D eigenvalue weighted by molar-refractivity contribution is 0.0671. The molecular weight excluding hydrogens is 416 g/mol. The molecule has 0 bridgehead atoms. The molecule has 1 fully saturated rings. The van der Waals surface area contributed by atoms with Crippen LogP contribution in [0.3, 0.4) is 0 Å². The van der Waals surface area contributed by atoms with Crippen molar-refractivity contribution in [2.75, 3.05) is 26.3 Å². The predicted octanol–water partition coefficient (Wildman–Crippen LogP) is 2.97. The van der Waals surface area contributed by atoms with Crippen molar-refractivity contribution in [3.63, 3.8) is 0 Å².